The number of rotatable bonds is 6. The normalized spacial score (nSPS) is 13.4. The van der Waals surface area contributed by atoms with Crippen molar-refractivity contribution in [2.24, 2.45) is 0 Å². The molecule has 1 aromatic carbocycles. The van der Waals surface area contributed by atoms with Gasteiger partial charge in [0.05, 0.1) is 11.2 Å². The van der Waals surface area contributed by atoms with Gasteiger partial charge in [0.2, 0.25) is 20.0 Å². The Hall–Kier alpha value is -1.03. The topological polar surface area (TPSA) is 92.3 Å². The molecule has 0 unspecified atom stereocenters. The predicted molar refractivity (Wildman–Crippen MR) is 73.6 cm³/mol. The number of hydrogen-bond acceptors (Lipinski definition) is 4. The molecule has 0 bridgehead atoms. The molecular weight excluding hydrogens is 307 g/mol. The Labute approximate surface area is 118 Å². The molecule has 9 heteroatoms. The standard InChI is InChI=1S/C11H17FN2O4S2/c1-11(2,14-19(3,15)16)8-13-20(17,18)10-6-4-5-9(12)7-10/h4-7,13-14H,8H2,1-3H3. The number of hydrogen-bond donors (Lipinski definition) is 2. The summed E-state index contributed by atoms with van der Waals surface area (Å²) in [5.41, 5.74) is -1.01. The van der Waals surface area contributed by atoms with E-state index in [1.54, 1.807) is 0 Å². The van der Waals surface area contributed by atoms with E-state index in [1.165, 1.54) is 26.0 Å². The van der Waals surface area contributed by atoms with Gasteiger partial charge < -0.3 is 0 Å². The zero-order chi connectivity index (χ0) is 15.6. The highest BCUT2D eigenvalue weighted by molar-refractivity contribution is 7.89. The monoisotopic (exact) mass is 324 g/mol. The minimum absolute atomic E-state index is 0.168. The van der Waals surface area contributed by atoms with Crippen LogP contribution in [0.15, 0.2) is 29.2 Å². The number of sulfonamides is 2. The first-order chi connectivity index (χ1) is 8.91. The summed E-state index contributed by atoms with van der Waals surface area (Å²) in [5, 5.41) is 0. The summed E-state index contributed by atoms with van der Waals surface area (Å²) in [7, 11) is -7.36. The summed E-state index contributed by atoms with van der Waals surface area (Å²) >= 11 is 0. The van der Waals surface area contributed by atoms with Gasteiger partial charge in [0.15, 0.2) is 0 Å². The molecule has 1 rings (SSSR count). The van der Waals surface area contributed by atoms with Crippen LogP contribution in [0.3, 0.4) is 0 Å². The fourth-order valence-electron chi connectivity index (χ4n) is 1.53. The Balaban J connectivity index is 2.83. The summed E-state index contributed by atoms with van der Waals surface area (Å²) in [6, 6.07) is 4.56. The van der Waals surface area contributed by atoms with Gasteiger partial charge in [-0.3, -0.25) is 0 Å². The second kappa shape index (κ2) is 5.76. The largest absolute Gasteiger partial charge is 0.240 e. The van der Waals surface area contributed by atoms with Crippen LogP contribution in [0.2, 0.25) is 0 Å². The van der Waals surface area contributed by atoms with Crippen molar-refractivity contribution in [3.8, 4) is 0 Å². The number of halogens is 1. The Kier molecular flexibility index (Phi) is 4.90. The van der Waals surface area contributed by atoms with Gasteiger partial charge in [-0.1, -0.05) is 6.07 Å². The molecule has 20 heavy (non-hydrogen) atoms. The molecule has 0 amide bonds. The second-order valence-electron chi connectivity index (χ2n) is 5.04. The van der Waals surface area contributed by atoms with Crippen molar-refractivity contribution < 1.29 is 21.2 Å². The first-order valence-corrected chi connectivity index (χ1v) is 9.03. The van der Waals surface area contributed by atoms with Crippen LogP contribution in [-0.4, -0.2) is 35.2 Å². The van der Waals surface area contributed by atoms with Crippen molar-refractivity contribution in [2.45, 2.75) is 24.3 Å². The van der Waals surface area contributed by atoms with Crippen LogP contribution in [0.25, 0.3) is 0 Å². The van der Waals surface area contributed by atoms with E-state index in [0.717, 1.165) is 18.4 Å². The lowest BCUT2D eigenvalue weighted by atomic mass is 10.1. The van der Waals surface area contributed by atoms with E-state index in [9.17, 15) is 21.2 Å². The van der Waals surface area contributed by atoms with Crippen LogP contribution < -0.4 is 9.44 Å². The molecule has 2 N–H and O–H groups in total. The molecule has 0 aliphatic carbocycles. The molecular formula is C11H17FN2O4S2. The summed E-state index contributed by atoms with van der Waals surface area (Å²) < 4.78 is 63.7. The summed E-state index contributed by atoms with van der Waals surface area (Å²) in [4.78, 5) is -0.215. The molecule has 0 saturated heterocycles. The van der Waals surface area contributed by atoms with Crippen LogP contribution in [0.1, 0.15) is 13.8 Å². The van der Waals surface area contributed by atoms with E-state index >= 15 is 0 Å². The average Bonchev–Trinajstić information content (AvgIpc) is 2.24. The maximum absolute atomic E-state index is 13.0. The van der Waals surface area contributed by atoms with Crippen LogP contribution in [-0.2, 0) is 20.0 Å². The van der Waals surface area contributed by atoms with Crippen LogP contribution in [0.5, 0.6) is 0 Å². The molecule has 1 aromatic rings. The summed E-state index contributed by atoms with van der Waals surface area (Å²) in [5.74, 6) is -0.665. The molecule has 0 aromatic heterocycles. The van der Waals surface area contributed by atoms with Gasteiger partial charge in [0.1, 0.15) is 5.82 Å². The lowest BCUT2D eigenvalue weighted by Crippen LogP contribution is -2.50. The van der Waals surface area contributed by atoms with Crippen molar-refractivity contribution in [2.75, 3.05) is 12.8 Å². The van der Waals surface area contributed by atoms with Crippen molar-refractivity contribution >= 4 is 20.0 Å². The maximum Gasteiger partial charge on any atom is 0.240 e. The molecule has 0 aliphatic heterocycles. The number of nitrogens with one attached hydrogen (secondary N) is 2. The van der Waals surface area contributed by atoms with Crippen molar-refractivity contribution in [1.29, 1.82) is 0 Å². The Morgan fingerprint density at radius 3 is 2.30 bits per heavy atom. The van der Waals surface area contributed by atoms with Gasteiger partial charge >= 0.3 is 0 Å². The lowest BCUT2D eigenvalue weighted by Gasteiger charge is -2.25. The third kappa shape index (κ3) is 5.53. The van der Waals surface area contributed by atoms with Gasteiger partial charge in [0.25, 0.3) is 0 Å². The van der Waals surface area contributed by atoms with E-state index < -0.39 is 31.4 Å². The Morgan fingerprint density at radius 1 is 1.20 bits per heavy atom. The molecule has 0 spiro atoms. The number of benzene rings is 1. The first kappa shape index (κ1) is 17.0. The van der Waals surface area contributed by atoms with E-state index in [4.69, 9.17) is 0 Å². The van der Waals surface area contributed by atoms with Crippen LogP contribution in [0.4, 0.5) is 4.39 Å². The lowest BCUT2D eigenvalue weighted by molar-refractivity contribution is 0.446. The van der Waals surface area contributed by atoms with Crippen molar-refractivity contribution in [3.63, 3.8) is 0 Å². The van der Waals surface area contributed by atoms with Gasteiger partial charge in [-0.15, -0.1) is 0 Å². The third-order valence-corrected chi connectivity index (χ3v) is 4.59. The van der Waals surface area contributed by atoms with Gasteiger partial charge in [0, 0.05) is 12.1 Å². The molecule has 114 valence electrons. The smallest absolute Gasteiger partial charge is 0.213 e. The van der Waals surface area contributed by atoms with Crippen molar-refractivity contribution in [3.05, 3.63) is 30.1 Å². The average molecular weight is 324 g/mol. The zero-order valence-electron chi connectivity index (χ0n) is 11.3. The van der Waals surface area contributed by atoms with E-state index in [-0.39, 0.29) is 11.4 Å². The molecule has 6 nitrogen and oxygen atoms in total. The Morgan fingerprint density at radius 2 is 1.80 bits per heavy atom. The first-order valence-electron chi connectivity index (χ1n) is 5.65. The van der Waals surface area contributed by atoms with E-state index in [1.807, 2.05) is 0 Å². The quantitative estimate of drug-likeness (QED) is 0.794. The van der Waals surface area contributed by atoms with E-state index in [0.29, 0.717) is 0 Å². The highest BCUT2D eigenvalue weighted by Gasteiger charge is 2.25. The SMILES string of the molecule is CC(C)(CNS(=O)(=O)c1cccc(F)c1)NS(C)(=O)=O. The maximum atomic E-state index is 13.0. The molecule has 0 radical (unpaired) electrons. The fraction of sp³-hybridized carbons (Fsp3) is 0.455. The van der Waals surface area contributed by atoms with Gasteiger partial charge in [-0.25, -0.2) is 30.7 Å². The van der Waals surface area contributed by atoms with Crippen LogP contribution in [0, 0.1) is 5.82 Å². The minimum atomic E-state index is -3.90. The molecule has 0 aliphatic rings. The zero-order valence-corrected chi connectivity index (χ0v) is 13.0. The fourth-order valence-corrected chi connectivity index (χ4v) is 3.85. The Bertz CT molecular complexity index is 684. The van der Waals surface area contributed by atoms with Crippen molar-refractivity contribution in [1.82, 2.24) is 9.44 Å². The van der Waals surface area contributed by atoms with Gasteiger partial charge in [-0.2, -0.15) is 0 Å². The highest BCUT2D eigenvalue weighted by atomic mass is 32.2. The van der Waals surface area contributed by atoms with Gasteiger partial charge in [-0.05, 0) is 32.0 Å². The predicted octanol–water partition coefficient (Wildman–Crippen LogP) is 0.432. The summed E-state index contributed by atoms with van der Waals surface area (Å²) in [6.45, 7) is 2.89. The van der Waals surface area contributed by atoms with E-state index in [2.05, 4.69) is 9.44 Å². The molecule has 0 fully saturated rings. The molecule has 0 atom stereocenters. The summed E-state index contributed by atoms with van der Waals surface area (Å²) in [6.07, 6.45) is 0.982. The molecule has 0 saturated carbocycles. The third-order valence-electron chi connectivity index (χ3n) is 2.27. The highest BCUT2D eigenvalue weighted by Crippen LogP contribution is 2.11. The second-order valence-corrected chi connectivity index (χ2v) is 8.56. The minimum Gasteiger partial charge on any atom is -0.213 e. The van der Waals surface area contributed by atoms with Crippen LogP contribution >= 0.6 is 0 Å². The molecule has 0 heterocycles.